The van der Waals surface area contributed by atoms with Crippen molar-refractivity contribution in [3.05, 3.63) is 22.7 Å². The van der Waals surface area contributed by atoms with Gasteiger partial charge >= 0.3 is 0 Å². The summed E-state index contributed by atoms with van der Waals surface area (Å²) in [5.74, 6) is 1.67. The molecule has 4 heteroatoms. The van der Waals surface area contributed by atoms with E-state index in [1.165, 1.54) is 25.9 Å². The van der Waals surface area contributed by atoms with Crippen molar-refractivity contribution < 1.29 is 4.74 Å². The lowest BCUT2D eigenvalue weighted by Gasteiger charge is -2.29. The first-order valence-corrected chi connectivity index (χ1v) is 7.24. The van der Waals surface area contributed by atoms with Crippen LogP contribution in [0.25, 0.3) is 0 Å². The fourth-order valence-electron chi connectivity index (χ4n) is 2.29. The van der Waals surface area contributed by atoms with E-state index < -0.39 is 0 Å². The van der Waals surface area contributed by atoms with Crippen molar-refractivity contribution in [2.75, 3.05) is 39.1 Å². The molecule has 2 rings (SSSR count). The van der Waals surface area contributed by atoms with Gasteiger partial charge in [-0.3, -0.25) is 0 Å². The van der Waals surface area contributed by atoms with Crippen LogP contribution in [0.1, 0.15) is 12.8 Å². The lowest BCUT2D eigenvalue weighted by atomic mass is 9.97. The minimum Gasteiger partial charge on any atom is -0.497 e. The van der Waals surface area contributed by atoms with E-state index in [-0.39, 0.29) is 0 Å². The number of piperidine rings is 1. The molecule has 1 heterocycles. The van der Waals surface area contributed by atoms with Crippen molar-refractivity contribution in [2.45, 2.75) is 12.8 Å². The van der Waals surface area contributed by atoms with Gasteiger partial charge in [-0.2, -0.15) is 0 Å². The molecule has 1 aromatic carbocycles. The lowest BCUT2D eigenvalue weighted by Crippen LogP contribution is -2.32. The molecule has 0 bridgehead atoms. The number of halogens is 1. The van der Waals surface area contributed by atoms with Gasteiger partial charge in [0.2, 0.25) is 0 Å². The van der Waals surface area contributed by atoms with Crippen LogP contribution in [0.5, 0.6) is 5.75 Å². The van der Waals surface area contributed by atoms with Gasteiger partial charge in [-0.15, -0.1) is 0 Å². The van der Waals surface area contributed by atoms with Crippen LogP contribution >= 0.6 is 15.9 Å². The van der Waals surface area contributed by atoms with Crippen LogP contribution in [0.4, 0.5) is 5.69 Å². The van der Waals surface area contributed by atoms with Crippen LogP contribution in [0.3, 0.4) is 0 Å². The highest BCUT2D eigenvalue weighted by atomic mass is 79.9. The first-order chi connectivity index (χ1) is 8.69. The van der Waals surface area contributed by atoms with Crippen LogP contribution in [0, 0.1) is 5.92 Å². The molecule has 1 fully saturated rings. The van der Waals surface area contributed by atoms with Crippen LogP contribution in [-0.4, -0.2) is 38.7 Å². The molecule has 0 atom stereocenters. The third-order valence-corrected chi connectivity index (χ3v) is 4.28. The van der Waals surface area contributed by atoms with E-state index in [1.807, 2.05) is 18.2 Å². The van der Waals surface area contributed by atoms with E-state index in [1.54, 1.807) is 7.11 Å². The Hall–Kier alpha value is -0.740. The maximum Gasteiger partial charge on any atom is 0.121 e. The molecule has 1 N–H and O–H groups in total. The normalized spacial score (nSPS) is 17.7. The van der Waals surface area contributed by atoms with Gasteiger partial charge in [-0.05, 0) is 67.0 Å². The second kappa shape index (κ2) is 6.43. The molecule has 18 heavy (non-hydrogen) atoms. The van der Waals surface area contributed by atoms with E-state index in [0.29, 0.717) is 0 Å². The van der Waals surface area contributed by atoms with E-state index in [4.69, 9.17) is 4.74 Å². The minimum absolute atomic E-state index is 0.777. The standard InChI is InChI=1S/C14H21BrN2O/c1-17-7-5-11(6-8-17)10-16-14-9-12(18-2)3-4-13(14)15/h3-4,9,11,16H,5-8,10H2,1-2H3. The van der Waals surface area contributed by atoms with E-state index in [0.717, 1.165) is 28.4 Å². The van der Waals surface area contributed by atoms with Gasteiger partial charge in [0.15, 0.2) is 0 Å². The average Bonchev–Trinajstić information content (AvgIpc) is 2.40. The maximum absolute atomic E-state index is 5.25. The highest BCUT2D eigenvalue weighted by Crippen LogP contribution is 2.28. The molecule has 3 nitrogen and oxygen atoms in total. The Labute approximate surface area is 118 Å². The zero-order valence-corrected chi connectivity index (χ0v) is 12.7. The summed E-state index contributed by atoms with van der Waals surface area (Å²) in [6.45, 7) is 3.47. The topological polar surface area (TPSA) is 24.5 Å². The largest absolute Gasteiger partial charge is 0.497 e. The Morgan fingerprint density at radius 1 is 1.39 bits per heavy atom. The molecule has 1 aliphatic heterocycles. The third kappa shape index (κ3) is 3.62. The molecule has 0 unspecified atom stereocenters. The lowest BCUT2D eigenvalue weighted by molar-refractivity contribution is 0.226. The quantitative estimate of drug-likeness (QED) is 0.924. The van der Waals surface area contributed by atoms with Crippen LogP contribution in [-0.2, 0) is 0 Å². The third-order valence-electron chi connectivity index (χ3n) is 3.59. The van der Waals surface area contributed by atoms with Crippen molar-refractivity contribution >= 4 is 21.6 Å². The maximum atomic E-state index is 5.25. The molecule has 1 saturated heterocycles. The minimum atomic E-state index is 0.777. The summed E-state index contributed by atoms with van der Waals surface area (Å²) in [7, 11) is 3.90. The Morgan fingerprint density at radius 3 is 2.78 bits per heavy atom. The van der Waals surface area contributed by atoms with Crippen LogP contribution in [0.2, 0.25) is 0 Å². The van der Waals surface area contributed by atoms with Crippen molar-refractivity contribution in [3.63, 3.8) is 0 Å². The molecule has 0 aliphatic carbocycles. The Kier molecular flexibility index (Phi) is 4.89. The van der Waals surface area contributed by atoms with Crippen molar-refractivity contribution in [3.8, 4) is 5.75 Å². The predicted octanol–water partition coefficient (Wildman–Crippen LogP) is 3.21. The number of hydrogen-bond acceptors (Lipinski definition) is 3. The Morgan fingerprint density at radius 2 is 2.11 bits per heavy atom. The van der Waals surface area contributed by atoms with Crippen LogP contribution < -0.4 is 10.1 Å². The zero-order chi connectivity index (χ0) is 13.0. The molecule has 1 aliphatic rings. The van der Waals surface area contributed by atoms with Gasteiger partial charge in [-0.1, -0.05) is 0 Å². The van der Waals surface area contributed by atoms with E-state index >= 15 is 0 Å². The van der Waals surface area contributed by atoms with Gasteiger partial charge in [-0.25, -0.2) is 0 Å². The molecule has 0 amide bonds. The molecule has 100 valence electrons. The number of nitrogens with zero attached hydrogens (tertiary/aromatic N) is 1. The molecule has 1 aromatic rings. The average molecular weight is 313 g/mol. The summed E-state index contributed by atoms with van der Waals surface area (Å²) in [5, 5.41) is 3.53. The first-order valence-electron chi connectivity index (χ1n) is 6.45. The monoisotopic (exact) mass is 312 g/mol. The Balaban J connectivity index is 1.89. The molecule has 0 spiro atoms. The second-order valence-corrected chi connectivity index (χ2v) is 5.83. The molecular formula is C14H21BrN2O. The fraction of sp³-hybridized carbons (Fsp3) is 0.571. The van der Waals surface area contributed by atoms with E-state index in [9.17, 15) is 0 Å². The van der Waals surface area contributed by atoms with E-state index in [2.05, 4.69) is 33.2 Å². The predicted molar refractivity (Wildman–Crippen MR) is 79.4 cm³/mol. The smallest absolute Gasteiger partial charge is 0.121 e. The zero-order valence-electron chi connectivity index (χ0n) is 11.1. The summed E-state index contributed by atoms with van der Waals surface area (Å²) >= 11 is 3.57. The van der Waals surface area contributed by atoms with Crippen LogP contribution in [0.15, 0.2) is 22.7 Å². The highest BCUT2D eigenvalue weighted by Gasteiger charge is 2.16. The number of hydrogen-bond donors (Lipinski definition) is 1. The van der Waals surface area contributed by atoms with Gasteiger partial charge in [0, 0.05) is 17.1 Å². The Bertz CT molecular complexity index is 389. The number of rotatable bonds is 4. The number of anilines is 1. The molecular weight excluding hydrogens is 292 g/mol. The van der Waals surface area contributed by atoms with Gasteiger partial charge < -0.3 is 15.0 Å². The number of benzene rings is 1. The number of ether oxygens (including phenoxy) is 1. The molecule has 0 radical (unpaired) electrons. The molecule has 0 saturated carbocycles. The fourth-order valence-corrected chi connectivity index (χ4v) is 2.67. The number of methoxy groups -OCH3 is 1. The summed E-state index contributed by atoms with van der Waals surface area (Å²) in [5.41, 5.74) is 1.12. The molecule has 0 aromatic heterocycles. The van der Waals surface area contributed by atoms with Gasteiger partial charge in [0.1, 0.15) is 5.75 Å². The summed E-state index contributed by atoms with van der Waals surface area (Å²) in [4.78, 5) is 2.40. The van der Waals surface area contributed by atoms with Crippen molar-refractivity contribution in [1.29, 1.82) is 0 Å². The van der Waals surface area contributed by atoms with Crippen molar-refractivity contribution in [1.82, 2.24) is 4.90 Å². The summed E-state index contributed by atoms with van der Waals surface area (Å²) < 4.78 is 6.34. The van der Waals surface area contributed by atoms with Gasteiger partial charge in [0.25, 0.3) is 0 Å². The van der Waals surface area contributed by atoms with Gasteiger partial charge in [0.05, 0.1) is 12.8 Å². The summed E-state index contributed by atoms with van der Waals surface area (Å²) in [6.07, 6.45) is 2.57. The van der Waals surface area contributed by atoms with Crippen molar-refractivity contribution in [2.24, 2.45) is 5.92 Å². The number of nitrogens with one attached hydrogen (secondary N) is 1. The first kappa shape index (κ1) is 13.7. The SMILES string of the molecule is COc1ccc(Br)c(NCC2CCN(C)CC2)c1. The highest BCUT2D eigenvalue weighted by molar-refractivity contribution is 9.10. The summed E-state index contributed by atoms with van der Waals surface area (Å²) in [6, 6.07) is 6.03. The second-order valence-electron chi connectivity index (χ2n) is 4.97. The number of likely N-dealkylation sites (tertiary alicyclic amines) is 1.